The summed E-state index contributed by atoms with van der Waals surface area (Å²) in [4.78, 5) is 2.06. The normalized spacial score (nSPS) is 21.8. The number of aromatic nitrogens is 2. The van der Waals surface area contributed by atoms with Gasteiger partial charge in [0.15, 0.2) is 0 Å². The van der Waals surface area contributed by atoms with Gasteiger partial charge in [-0.3, -0.25) is 9.58 Å². The zero-order chi connectivity index (χ0) is 13.6. The molecule has 18 heavy (non-hydrogen) atoms. The fourth-order valence-electron chi connectivity index (χ4n) is 1.85. The quantitative estimate of drug-likeness (QED) is 0.741. The Morgan fingerprint density at radius 2 is 1.78 bits per heavy atom. The van der Waals surface area contributed by atoms with Crippen molar-refractivity contribution in [2.75, 3.05) is 14.1 Å². The van der Waals surface area contributed by atoms with Crippen LogP contribution in [0.2, 0.25) is 0 Å². The van der Waals surface area contributed by atoms with Crippen molar-refractivity contribution in [1.29, 1.82) is 0 Å². The molecule has 5 nitrogen and oxygen atoms in total. The van der Waals surface area contributed by atoms with Crippen LogP contribution in [0.1, 0.15) is 27.7 Å². The van der Waals surface area contributed by atoms with E-state index in [1.165, 1.54) is 0 Å². The second-order valence-corrected chi connectivity index (χ2v) is 6.12. The molecular formula is C12H22BN3O2. The predicted molar refractivity (Wildman–Crippen MR) is 71.6 cm³/mol. The SMILES string of the molecule is CN(C)Cn1cc(B2OC(C)(C)C(C)(C)O2)cn1. The molecule has 0 saturated carbocycles. The number of hydrogen-bond donors (Lipinski definition) is 0. The number of rotatable bonds is 3. The molecule has 1 aromatic rings. The van der Waals surface area contributed by atoms with Crippen molar-refractivity contribution in [1.82, 2.24) is 14.7 Å². The van der Waals surface area contributed by atoms with Crippen molar-refractivity contribution < 1.29 is 9.31 Å². The Morgan fingerprint density at radius 3 is 2.28 bits per heavy atom. The first-order valence-corrected chi connectivity index (χ1v) is 6.24. The highest BCUT2D eigenvalue weighted by molar-refractivity contribution is 6.61. The van der Waals surface area contributed by atoms with E-state index >= 15 is 0 Å². The molecule has 1 aromatic heterocycles. The Labute approximate surface area is 109 Å². The molecule has 1 aliphatic heterocycles. The van der Waals surface area contributed by atoms with E-state index in [4.69, 9.17) is 9.31 Å². The molecule has 0 spiro atoms. The van der Waals surface area contributed by atoms with E-state index in [0.29, 0.717) is 0 Å². The third kappa shape index (κ3) is 2.46. The topological polar surface area (TPSA) is 39.5 Å². The first kappa shape index (κ1) is 13.6. The zero-order valence-corrected chi connectivity index (χ0v) is 12.1. The summed E-state index contributed by atoms with van der Waals surface area (Å²) in [6, 6.07) is 0. The molecule has 1 aliphatic rings. The van der Waals surface area contributed by atoms with Gasteiger partial charge in [-0.15, -0.1) is 0 Å². The smallest absolute Gasteiger partial charge is 0.399 e. The van der Waals surface area contributed by atoms with Crippen LogP contribution in [0.3, 0.4) is 0 Å². The van der Waals surface area contributed by atoms with Crippen LogP contribution in [-0.2, 0) is 16.0 Å². The van der Waals surface area contributed by atoms with Gasteiger partial charge in [0.05, 0.1) is 17.9 Å². The molecule has 0 unspecified atom stereocenters. The van der Waals surface area contributed by atoms with Gasteiger partial charge in [-0.25, -0.2) is 0 Å². The Bertz CT molecular complexity index is 413. The van der Waals surface area contributed by atoms with Gasteiger partial charge in [-0.2, -0.15) is 5.10 Å². The Kier molecular flexibility index (Phi) is 3.29. The maximum absolute atomic E-state index is 5.98. The molecule has 0 atom stereocenters. The third-order valence-electron chi connectivity index (χ3n) is 3.61. The third-order valence-corrected chi connectivity index (χ3v) is 3.61. The molecule has 2 heterocycles. The summed E-state index contributed by atoms with van der Waals surface area (Å²) >= 11 is 0. The highest BCUT2D eigenvalue weighted by Crippen LogP contribution is 2.36. The van der Waals surface area contributed by atoms with Crippen LogP contribution in [-0.4, -0.2) is 47.1 Å². The fourth-order valence-corrected chi connectivity index (χ4v) is 1.85. The molecule has 1 fully saturated rings. The van der Waals surface area contributed by atoms with E-state index in [1.54, 1.807) is 0 Å². The summed E-state index contributed by atoms with van der Waals surface area (Å²) < 4.78 is 13.8. The molecule has 6 heteroatoms. The van der Waals surface area contributed by atoms with Gasteiger partial charge < -0.3 is 9.31 Å². The lowest BCUT2D eigenvalue weighted by atomic mass is 9.82. The minimum absolute atomic E-state index is 0.304. The van der Waals surface area contributed by atoms with Crippen LogP contribution in [0, 0.1) is 0 Å². The van der Waals surface area contributed by atoms with Crippen LogP contribution in [0.25, 0.3) is 0 Å². The molecule has 0 aliphatic carbocycles. The molecule has 2 rings (SSSR count). The molecule has 0 radical (unpaired) electrons. The summed E-state index contributed by atoms with van der Waals surface area (Å²) in [5.74, 6) is 0. The summed E-state index contributed by atoms with van der Waals surface area (Å²) in [6.07, 6.45) is 3.79. The number of nitrogens with zero attached hydrogens (tertiary/aromatic N) is 3. The van der Waals surface area contributed by atoms with E-state index < -0.39 is 0 Å². The Balaban J connectivity index is 2.12. The van der Waals surface area contributed by atoms with Crippen LogP contribution < -0.4 is 5.46 Å². The van der Waals surface area contributed by atoms with E-state index in [2.05, 4.69) is 37.7 Å². The van der Waals surface area contributed by atoms with E-state index in [-0.39, 0.29) is 18.3 Å². The van der Waals surface area contributed by atoms with E-state index in [9.17, 15) is 0 Å². The zero-order valence-electron chi connectivity index (χ0n) is 12.1. The van der Waals surface area contributed by atoms with Gasteiger partial charge in [0.1, 0.15) is 0 Å². The average molecular weight is 251 g/mol. The minimum Gasteiger partial charge on any atom is -0.399 e. The second-order valence-electron chi connectivity index (χ2n) is 6.12. The molecule has 1 saturated heterocycles. The van der Waals surface area contributed by atoms with Gasteiger partial charge in [0, 0.05) is 17.9 Å². The summed E-state index contributed by atoms with van der Waals surface area (Å²) in [7, 11) is 3.69. The van der Waals surface area contributed by atoms with Crippen molar-refractivity contribution in [2.45, 2.75) is 45.6 Å². The highest BCUT2D eigenvalue weighted by Gasteiger charge is 2.52. The van der Waals surface area contributed by atoms with Crippen LogP contribution in [0.15, 0.2) is 12.4 Å². The van der Waals surface area contributed by atoms with Crippen LogP contribution >= 0.6 is 0 Å². The Hall–Kier alpha value is -0.845. The van der Waals surface area contributed by atoms with E-state index in [1.807, 2.05) is 31.2 Å². The first-order chi connectivity index (χ1) is 8.21. The van der Waals surface area contributed by atoms with Gasteiger partial charge in [-0.05, 0) is 41.8 Å². The van der Waals surface area contributed by atoms with Gasteiger partial charge in [0.25, 0.3) is 0 Å². The van der Waals surface area contributed by atoms with Crippen molar-refractivity contribution in [2.24, 2.45) is 0 Å². The van der Waals surface area contributed by atoms with Gasteiger partial charge in [-0.1, -0.05) is 0 Å². The molecule has 0 amide bonds. The van der Waals surface area contributed by atoms with Crippen molar-refractivity contribution in [3.8, 4) is 0 Å². The maximum Gasteiger partial charge on any atom is 0.498 e. The lowest BCUT2D eigenvalue weighted by molar-refractivity contribution is 0.00578. The first-order valence-electron chi connectivity index (χ1n) is 6.24. The molecule has 0 bridgehead atoms. The van der Waals surface area contributed by atoms with Gasteiger partial charge in [0.2, 0.25) is 0 Å². The highest BCUT2D eigenvalue weighted by atomic mass is 16.7. The standard InChI is InChI=1S/C12H22BN3O2/c1-11(2)12(3,4)18-13(17-11)10-7-14-16(8-10)9-15(5)6/h7-8H,9H2,1-6H3. The lowest BCUT2D eigenvalue weighted by Crippen LogP contribution is -2.41. The molecular weight excluding hydrogens is 229 g/mol. The summed E-state index contributed by atoms with van der Waals surface area (Å²) in [5.41, 5.74) is 0.360. The second kappa shape index (κ2) is 4.37. The van der Waals surface area contributed by atoms with Crippen molar-refractivity contribution in [3.63, 3.8) is 0 Å². The van der Waals surface area contributed by atoms with Gasteiger partial charge >= 0.3 is 7.12 Å². The van der Waals surface area contributed by atoms with Crippen LogP contribution in [0.5, 0.6) is 0 Å². The van der Waals surface area contributed by atoms with E-state index in [0.717, 1.165) is 12.1 Å². The van der Waals surface area contributed by atoms with Crippen LogP contribution in [0.4, 0.5) is 0 Å². The molecule has 0 N–H and O–H groups in total. The largest absolute Gasteiger partial charge is 0.498 e. The minimum atomic E-state index is -0.328. The van der Waals surface area contributed by atoms with Crippen molar-refractivity contribution in [3.05, 3.63) is 12.4 Å². The molecule has 100 valence electrons. The average Bonchev–Trinajstić information content (AvgIpc) is 2.70. The summed E-state index contributed by atoms with van der Waals surface area (Å²) in [6.45, 7) is 8.96. The fraction of sp³-hybridized carbons (Fsp3) is 0.750. The lowest BCUT2D eigenvalue weighted by Gasteiger charge is -2.32. The Morgan fingerprint density at radius 1 is 1.22 bits per heavy atom. The summed E-state index contributed by atoms with van der Waals surface area (Å²) in [5, 5.41) is 4.31. The molecule has 0 aromatic carbocycles. The predicted octanol–water partition coefficient (Wildman–Crippen LogP) is 0.701. The van der Waals surface area contributed by atoms with Crippen molar-refractivity contribution >= 4 is 12.6 Å². The monoisotopic (exact) mass is 251 g/mol. The maximum atomic E-state index is 5.98. The number of hydrogen-bond acceptors (Lipinski definition) is 4.